The first-order chi connectivity index (χ1) is 12.1. The van der Waals surface area contributed by atoms with Crippen molar-refractivity contribution in [3.63, 3.8) is 0 Å². The van der Waals surface area contributed by atoms with Gasteiger partial charge in [-0.3, -0.25) is 4.79 Å². The maximum atomic E-state index is 13.5. The second kappa shape index (κ2) is 7.92. The average molecular weight is 339 g/mol. The summed E-state index contributed by atoms with van der Waals surface area (Å²) in [6.45, 7) is 3.40. The van der Waals surface area contributed by atoms with E-state index in [2.05, 4.69) is 20.9 Å². The lowest BCUT2D eigenvalue weighted by atomic mass is 10.1. The number of benzene rings is 2. The molecule has 3 aromatic rings. The lowest BCUT2D eigenvalue weighted by Crippen LogP contribution is -2.25. The molecule has 1 heterocycles. The van der Waals surface area contributed by atoms with Gasteiger partial charge in [-0.1, -0.05) is 30.3 Å². The summed E-state index contributed by atoms with van der Waals surface area (Å²) in [5, 5.41) is 2.91. The molecule has 1 aromatic heterocycles. The van der Waals surface area contributed by atoms with E-state index in [-0.39, 0.29) is 11.7 Å². The molecule has 4 nitrogen and oxygen atoms in total. The molecule has 5 heteroatoms. The van der Waals surface area contributed by atoms with Gasteiger partial charge in [-0.25, -0.2) is 9.37 Å². The van der Waals surface area contributed by atoms with E-state index in [1.165, 1.54) is 6.07 Å². The quantitative estimate of drug-likeness (QED) is 0.668. The molecule has 0 aliphatic rings. The molecule has 0 spiro atoms. The van der Waals surface area contributed by atoms with Crippen molar-refractivity contribution >= 4 is 16.9 Å². The summed E-state index contributed by atoms with van der Waals surface area (Å²) in [6, 6.07) is 14.6. The Hall–Kier alpha value is -2.69. The maximum absolute atomic E-state index is 13.5. The molecule has 3 rings (SSSR count). The van der Waals surface area contributed by atoms with Gasteiger partial charge in [0, 0.05) is 19.5 Å². The highest BCUT2D eigenvalue weighted by Gasteiger charge is 2.07. The summed E-state index contributed by atoms with van der Waals surface area (Å²) in [4.78, 5) is 16.5. The predicted molar refractivity (Wildman–Crippen MR) is 96.8 cm³/mol. The van der Waals surface area contributed by atoms with Crippen molar-refractivity contribution in [2.75, 3.05) is 6.54 Å². The number of hydrogen-bond acceptors (Lipinski definition) is 2. The zero-order valence-corrected chi connectivity index (χ0v) is 14.3. The molecule has 2 aromatic carbocycles. The number of nitrogens with one attached hydrogen (secondary N) is 1. The molecule has 0 bridgehead atoms. The summed E-state index contributed by atoms with van der Waals surface area (Å²) >= 11 is 0. The summed E-state index contributed by atoms with van der Waals surface area (Å²) in [5.74, 6) is 0.681. The van der Waals surface area contributed by atoms with E-state index in [1.807, 2.05) is 25.1 Å². The Bertz CT molecular complexity index is 872. The molecule has 0 aliphatic carbocycles. The van der Waals surface area contributed by atoms with Crippen LogP contribution in [0.15, 0.2) is 48.5 Å². The maximum Gasteiger partial charge on any atom is 0.220 e. The molecule has 0 unspecified atom stereocenters. The molecule has 1 amide bonds. The highest BCUT2D eigenvalue weighted by atomic mass is 19.1. The van der Waals surface area contributed by atoms with Gasteiger partial charge in [0.1, 0.15) is 11.6 Å². The molecular formula is C20H22FN3O. The predicted octanol–water partition coefficient (Wildman–Crippen LogP) is 3.62. The van der Waals surface area contributed by atoms with Crippen LogP contribution < -0.4 is 5.32 Å². The van der Waals surface area contributed by atoms with E-state index in [0.717, 1.165) is 29.8 Å². The third-order valence-electron chi connectivity index (χ3n) is 4.31. The third-order valence-corrected chi connectivity index (χ3v) is 4.31. The number of hydrogen-bond donors (Lipinski definition) is 1. The molecule has 130 valence electrons. The molecule has 0 radical (unpaired) electrons. The van der Waals surface area contributed by atoms with Crippen molar-refractivity contribution in [3.05, 3.63) is 65.7 Å². The first-order valence-electron chi connectivity index (χ1n) is 8.57. The minimum Gasteiger partial charge on any atom is -0.356 e. The smallest absolute Gasteiger partial charge is 0.220 e. The second-order valence-electron chi connectivity index (χ2n) is 6.09. The Morgan fingerprint density at radius 1 is 1.16 bits per heavy atom. The first kappa shape index (κ1) is 17.1. The number of para-hydroxylation sites is 2. The van der Waals surface area contributed by atoms with Crippen LogP contribution in [0.1, 0.15) is 24.2 Å². The summed E-state index contributed by atoms with van der Waals surface area (Å²) < 4.78 is 15.7. The van der Waals surface area contributed by atoms with Crippen LogP contribution in [0, 0.1) is 12.7 Å². The van der Waals surface area contributed by atoms with Crippen LogP contribution >= 0.6 is 0 Å². The fourth-order valence-corrected chi connectivity index (χ4v) is 2.98. The Morgan fingerprint density at radius 3 is 2.76 bits per heavy atom. The minimum atomic E-state index is -0.252. The van der Waals surface area contributed by atoms with Crippen LogP contribution in [-0.2, 0) is 17.8 Å². The number of imidazole rings is 1. The number of fused-ring (bicyclic) bond motifs is 1. The average Bonchev–Trinajstić information content (AvgIpc) is 2.93. The van der Waals surface area contributed by atoms with Gasteiger partial charge < -0.3 is 9.88 Å². The SMILES string of the molecule is Cc1nc2ccccc2n1CCCNC(=O)CCc1ccccc1F. The lowest BCUT2D eigenvalue weighted by Gasteiger charge is -2.08. The molecular weight excluding hydrogens is 317 g/mol. The van der Waals surface area contributed by atoms with E-state index in [1.54, 1.807) is 18.2 Å². The number of aryl methyl sites for hydroxylation is 3. The van der Waals surface area contributed by atoms with Crippen molar-refractivity contribution in [2.45, 2.75) is 32.7 Å². The van der Waals surface area contributed by atoms with Gasteiger partial charge in [-0.15, -0.1) is 0 Å². The fraction of sp³-hybridized carbons (Fsp3) is 0.300. The van der Waals surface area contributed by atoms with Crippen LogP contribution in [0.4, 0.5) is 4.39 Å². The fourth-order valence-electron chi connectivity index (χ4n) is 2.98. The van der Waals surface area contributed by atoms with Gasteiger partial charge in [0.05, 0.1) is 11.0 Å². The summed E-state index contributed by atoms with van der Waals surface area (Å²) in [6.07, 6.45) is 1.55. The van der Waals surface area contributed by atoms with Crippen LogP contribution in [0.3, 0.4) is 0 Å². The highest BCUT2D eigenvalue weighted by molar-refractivity contribution is 5.76. The van der Waals surface area contributed by atoms with Crippen LogP contribution in [0.25, 0.3) is 11.0 Å². The van der Waals surface area contributed by atoms with Gasteiger partial charge >= 0.3 is 0 Å². The normalized spacial score (nSPS) is 11.0. The van der Waals surface area contributed by atoms with Crippen molar-refractivity contribution in [1.82, 2.24) is 14.9 Å². The summed E-state index contributed by atoms with van der Waals surface area (Å²) in [7, 11) is 0. The van der Waals surface area contributed by atoms with E-state index >= 15 is 0 Å². The molecule has 0 aliphatic heterocycles. The van der Waals surface area contributed by atoms with Crippen molar-refractivity contribution in [3.8, 4) is 0 Å². The van der Waals surface area contributed by atoms with Crippen LogP contribution in [0.5, 0.6) is 0 Å². The van der Waals surface area contributed by atoms with E-state index in [0.29, 0.717) is 24.9 Å². The number of rotatable bonds is 7. The van der Waals surface area contributed by atoms with E-state index in [4.69, 9.17) is 0 Å². The number of halogens is 1. The number of carbonyl (C=O) groups excluding carboxylic acids is 1. The van der Waals surface area contributed by atoms with Crippen molar-refractivity contribution in [1.29, 1.82) is 0 Å². The monoisotopic (exact) mass is 339 g/mol. The number of amides is 1. The van der Waals surface area contributed by atoms with E-state index in [9.17, 15) is 9.18 Å². The Kier molecular flexibility index (Phi) is 5.43. The zero-order valence-electron chi connectivity index (χ0n) is 14.3. The summed E-state index contributed by atoms with van der Waals surface area (Å²) in [5.41, 5.74) is 2.69. The highest BCUT2D eigenvalue weighted by Crippen LogP contribution is 2.15. The minimum absolute atomic E-state index is 0.0459. The molecule has 1 N–H and O–H groups in total. The molecule has 25 heavy (non-hydrogen) atoms. The van der Waals surface area contributed by atoms with Crippen LogP contribution in [-0.4, -0.2) is 22.0 Å². The third kappa shape index (κ3) is 4.24. The topological polar surface area (TPSA) is 46.9 Å². The molecule has 0 atom stereocenters. The van der Waals surface area contributed by atoms with Gasteiger partial charge in [-0.05, 0) is 43.5 Å². The van der Waals surface area contributed by atoms with Gasteiger partial charge in [0.15, 0.2) is 0 Å². The Morgan fingerprint density at radius 2 is 1.92 bits per heavy atom. The molecule has 0 saturated carbocycles. The van der Waals surface area contributed by atoms with Crippen molar-refractivity contribution < 1.29 is 9.18 Å². The first-order valence-corrected chi connectivity index (χ1v) is 8.57. The molecule has 0 saturated heterocycles. The molecule has 0 fully saturated rings. The standard InChI is InChI=1S/C20H22FN3O/c1-15-23-18-9-4-5-10-19(18)24(15)14-6-13-22-20(25)12-11-16-7-2-3-8-17(16)21/h2-5,7-10H,6,11-14H2,1H3,(H,22,25). The Balaban J connectivity index is 1.44. The lowest BCUT2D eigenvalue weighted by molar-refractivity contribution is -0.121. The van der Waals surface area contributed by atoms with Gasteiger partial charge in [0.25, 0.3) is 0 Å². The zero-order chi connectivity index (χ0) is 17.6. The number of nitrogens with zero attached hydrogens (tertiary/aromatic N) is 2. The van der Waals surface area contributed by atoms with Crippen LogP contribution in [0.2, 0.25) is 0 Å². The van der Waals surface area contributed by atoms with E-state index < -0.39 is 0 Å². The Labute approximate surface area is 146 Å². The largest absolute Gasteiger partial charge is 0.356 e. The second-order valence-corrected chi connectivity index (χ2v) is 6.09. The number of aromatic nitrogens is 2. The van der Waals surface area contributed by atoms with Crippen molar-refractivity contribution in [2.24, 2.45) is 0 Å². The number of carbonyl (C=O) groups is 1. The van der Waals surface area contributed by atoms with Gasteiger partial charge in [0.2, 0.25) is 5.91 Å². The van der Waals surface area contributed by atoms with Gasteiger partial charge in [-0.2, -0.15) is 0 Å².